The molecule has 1 rings (SSSR count). The molecule has 0 spiro atoms. The molecule has 4 heteroatoms. The summed E-state index contributed by atoms with van der Waals surface area (Å²) in [5.41, 5.74) is 0.879. The lowest BCUT2D eigenvalue weighted by atomic mass is 10.1. The van der Waals surface area contributed by atoms with Gasteiger partial charge in [0.15, 0.2) is 5.82 Å². The van der Waals surface area contributed by atoms with E-state index in [1.54, 1.807) is 6.07 Å². The van der Waals surface area contributed by atoms with Crippen LogP contribution in [0.1, 0.15) is 57.5 Å². The molecule has 0 aliphatic rings. The molecule has 1 aromatic rings. The Morgan fingerprint density at radius 1 is 1.28 bits per heavy atom. The molecular formula is C14H23ClN2O. The normalized spacial score (nSPS) is 12.7. The summed E-state index contributed by atoms with van der Waals surface area (Å²) in [4.78, 5) is 8.44. The molecule has 1 atom stereocenters. The van der Waals surface area contributed by atoms with Crippen LogP contribution in [0.5, 0.6) is 0 Å². The van der Waals surface area contributed by atoms with Crippen LogP contribution >= 0.6 is 11.6 Å². The summed E-state index contributed by atoms with van der Waals surface area (Å²) < 4.78 is 5.73. The van der Waals surface area contributed by atoms with Gasteiger partial charge in [0.1, 0.15) is 11.8 Å². The van der Waals surface area contributed by atoms with E-state index in [-0.39, 0.29) is 6.10 Å². The quantitative estimate of drug-likeness (QED) is 0.521. The number of nitrogens with zero attached hydrogens (tertiary/aromatic N) is 2. The first-order valence-electron chi connectivity index (χ1n) is 6.73. The van der Waals surface area contributed by atoms with Crippen LogP contribution in [-0.2, 0) is 11.3 Å². The van der Waals surface area contributed by atoms with E-state index in [0.29, 0.717) is 17.6 Å². The Bertz CT molecular complexity index is 337. The molecular weight excluding hydrogens is 248 g/mol. The topological polar surface area (TPSA) is 35.0 Å². The Hall–Kier alpha value is -0.670. The average molecular weight is 271 g/mol. The van der Waals surface area contributed by atoms with Crippen molar-refractivity contribution in [2.24, 2.45) is 0 Å². The molecule has 0 saturated carbocycles. The highest BCUT2D eigenvalue weighted by molar-refractivity contribution is 6.29. The molecule has 1 aromatic heterocycles. The van der Waals surface area contributed by atoms with E-state index in [4.69, 9.17) is 16.3 Å². The third-order valence-corrected chi connectivity index (χ3v) is 3.02. The Morgan fingerprint density at radius 2 is 2.06 bits per heavy atom. The Kier molecular flexibility index (Phi) is 7.21. The van der Waals surface area contributed by atoms with Gasteiger partial charge in [-0.05, 0) is 26.3 Å². The van der Waals surface area contributed by atoms with Crippen molar-refractivity contribution in [3.63, 3.8) is 0 Å². The first kappa shape index (κ1) is 15.4. The number of aromatic nitrogens is 2. The van der Waals surface area contributed by atoms with Gasteiger partial charge in [0.2, 0.25) is 0 Å². The van der Waals surface area contributed by atoms with E-state index < -0.39 is 0 Å². The highest BCUT2D eigenvalue weighted by atomic mass is 35.5. The second-order valence-electron chi connectivity index (χ2n) is 4.72. The van der Waals surface area contributed by atoms with Crippen molar-refractivity contribution in [2.75, 3.05) is 0 Å². The largest absolute Gasteiger partial charge is 0.371 e. The standard InChI is InChI=1S/C14H23ClN2O/c1-4-5-6-7-8-12(3)18-10-14-16-11(2)9-13(15)17-14/h9,12H,4-8,10H2,1-3H3. The van der Waals surface area contributed by atoms with Gasteiger partial charge < -0.3 is 4.74 Å². The molecule has 0 aromatic carbocycles. The lowest BCUT2D eigenvalue weighted by molar-refractivity contribution is 0.0418. The second-order valence-corrected chi connectivity index (χ2v) is 5.11. The number of rotatable bonds is 8. The van der Waals surface area contributed by atoms with Crippen molar-refractivity contribution < 1.29 is 4.74 Å². The predicted octanol–water partition coefficient (Wildman–Crippen LogP) is 4.31. The Labute approximate surface area is 115 Å². The summed E-state index contributed by atoms with van der Waals surface area (Å²) in [6.07, 6.45) is 6.44. The van der Waals surface area contributed by atoms with Crippen LogP contribution in [0.25, 0.3) is 0 Å². The van der Waals surface area contributed by atoms with Crippen molar-refractivity contribution in [3.05, 3.63) is 22.7 Å². The smallest absolute Gasteiger partial charge is 0.155 e. The van der Waals surface area contributed by atoms with Gasteiger partial charge in [-0.3, -0.25) is 0 Å². The number of aryl methyl sites for hydroxylation is 1. The maximum atomic E-state index is 5.88. The number of ether oxygens (including phenoxy) is 1. The monoisotopic (exact) mass is 270 g/mol. The minimum Gasteiger partial charge on any atom is -0.371 e. The van der Waals surface area contributed by atoms with Crippen LogP contribution in [-0.4, -0.2) is 16.1 Å². The molecule has 0 N–H and O–H groups in total. The zero-order valence-electron chi connectivity index (χ0n) is 11.6. The molecule has 0 saturated heterocycles. The summed E-state index contributed by atoms with van der Waals surface area (Å²) in [6, 6.07) is 1.75. The second kappa shape index (κ2) is 8.44. The van der Waals surface area contributed by atoms with Crippen molar-refractivity contribution >= 4 is 11.6 Å². The third kappa shape index (κ3) is 6.31. The lowest BCUT2D eigenvalue weighted by Crippen LogP contribution is -2.10. The van der Waals surface area contributed by atoms with E-state index in [9.17, 15) is 0 Å². The number of halogens is 1. The van der Waals surface area contributed by atoms with E-state index in [1.165, 1.54) is 25.7 Å². The van der Waals surface area contributed by atoms with Crippen LogP contribution in [0.2, 0.25) is 5.15 Å². The predicted molar refractivity (Wildman–Crippen MR) is 74.8 cm³/mol. The summed E-state index contributed by atoms with van der Waals surface area (Å²) in [6.45, 7) is 6.67. The van der Waals surface area contributed by atoms with Crippen molar-refractivity contribution in [1.29, 1.82) is 0 Å². The fraction of sp³-hybridized carbons (Fsp3) is 0.714. The van der Waals surface area contributed by atoms with Gasteiger partial charge in [0.05, 0.1) is 6.10 Å². The summed E-state index contributed by atoms with van der Waals surface area (Å²) in [5.74, 6) is 0.667. The summed E-state index contributed by atoms with van der Waals surface area (Å²) >= 11 is 5.88. The highest BCUT2D eigenvalue weighted by Gasteiger charge is 2.05. The molecule has 0 bridgehead atoms. The van der Waals surface area contributed by atoms with Gasteiger partial charge in [0.25, 0.3) is 0 Å². The molecule has 102 valence electrons. The Balaban J connectivity index is 2.26. The molecule has 0 amide bonds. The van der Waals surface area contributed by atoms with Gasteiger partial charge in [-0.2, -0.15) is 0 Å². The third-order valence-electron chi connectivity index (χ3n) is 2.83. The van der Waals surface area contributed by atoms with Crippen LogP contribution in [0, 0.1) is 6.92 Å². The van der Waals surface area contributed by atoms with Gasteiger partial charge in [-0.25, -0.2) is 9.97 Å². The van der Waals surface area contributed by atoms with E-state index in [0.717, 1.165) is 12.1 Å². The molecule has 0 aliphatic carbocycles. The van der Waals surface area contributed by atoms with Crippen LogP contribution in [0.4, 0.5) is 0 Å². The zero-order valence-corrected chi connectivity index (χ0v) is 12.3. The molecule has 3 nitrogen and oxygen atoms in total. The maximum absolute atomic E-state index is 5.88. The van der Waals surface area contributed by atoms with Gasteiger partial charge in [-0.15, -0.1) is 0 Å². The van der Waals surface area contributed by atoms with Crippen molar-refractivity contribution in [1.82, 2.24) is 9.97 Å². The Morgan fingerprint density at radius 3 is 2.72 bits per heavy atom. The van der Waals surface area contributed by atoms with E-state index in [2.05, 4.69) is 23.8 Å². The van der Waals surface area contributed by atoms with Crippen LogP contribution in [0.15, 0.2) is 6.07 Å². The van der Waals surface area contributed by atoms with Crippen molar-refractivity contribution in [2.45, 2.75) is 65.6 Å². The van der Waals surface area contributed by atoms with E-state index in [1.807, 2.05) is 6.92 Å². The van der Waals surface area contributed by atoms with Gasteiger partial charge in [0, 0.05) is 5.69 Å². The molecule has 1 heterocycles. The fourth-order valence-corrected chi connectivity index (χ4v) is 2.07. The first-order valence-corrected chi connectivity index (χ1v) is 7.11. The summed E-state index contributed by atoms with van der Waals surface area (Å²) in [7, 11) is 0. The van der Waals surface area contributed by atoms with Crippen molar-refractivity contribution in [3.8, 4) is 0 Å². The fourth-order valence-electron chi connectivity index (χ4n) is 1.81. The molecule has 1 unspecified atom stereocenters. The highest BCUT2D eigenvalue weighted by Crippen LogP contribution is 2.11. The minimum atomic E-state index is 0.254. The number of hydrogen-bond acceptors (Lipinski definition) is 3. The summed E-state index contributed by atoms with van der Waals surface area (Å²) in [5, 5.41) is 0.483. The SMILES string of the molecule is CCCCCCC(C)OCc1nc(C)cc(Cl)n1. The molecule has 0 fully saturated rings. The molecule has 0 aliphatic heterocycles. The molecule has 18 heavy (non-hydrogen) atoms. The van der Waals surface area contributed by atoms with Gasteiger partial charge in [-0.1, -0.05) is 44.2 Å². The maximum Gasteiger partial charge on any atom is 0.155 e. The minimum absolute atomic E-state index is 0.254. The first-order chi connectivity index (χ1) is 8.61. The van der Waals surface area contributed by atoms with Crippen LogP contribution < -0.4 is 0 Å². The van der Waals surface area contributed by atoms with E-state index >= 15 is 0 Å². The van der Waals surface area contributed by atoms with Crippen LogP contribution in [0.3, 0.4) is 0 Å². The number of hydrogen-bond donors (Lipinski definition) is 0. The lowest BCUT2D eigenvalue weighted by Gasteiger charge is -2.12. The number of unbranched alkanes of at least 4 members (excludes halogenated alkanes) is 3. The van der Waals surface area contributed by atoms with Gasteiger partial charge >= 0.3 is 0 Å². The zero-order chi connectivity index (χ0) is 13.4. The average Bonchev–Trinajstić information content (AvgIpc) is 2.31. The molecule has 0 radical (unpaired) electrons.